The van der Waals surface area contributed by atoms with E-state index in [1.807, 2.05) is 0 Å². The lowest BCUT2D eigenvalue weighted by molar-refractivity contribution is -0.0891. The third-order valence-corrected chi connectivity index (χ3v) is 1.93. The van der Waals surface area contributed by atoms with Gasteiger partial charge in [-0.15, -0.1) is 5.10 Å². The van der Waals surface area contributed by atoms with Crippen molar-refractivity contribution >= 4 is 5.91 Å². The second-order valence-corrected chi connectivity index (χ2v) is 2.98. The number of hydrogen-bond acceptors (Lipinski definition) is 6. The number of carbonyl (C=O) groups is 1. The van der Waals surface area contributed by atoms with E-state index < -0.39 is 18.3 Å². The molecule has 1 aromatic heterocycles. The fourth-order valence-electron chi connectivity index (χ4n) is 1.22. The van der Waals surface area contributed by atoms with Gasteiger partial charge in [0.15, 0.2) is 12.1 Å². The number of aromatic nitrogens is 3. The van der Waals surface area contributed by atoms with Crippen molar-refractivity contribution in [3.8, 4) is 0 Å². The molecule has 0 spiro atoms. The van der Waals surface area contributed by atoms with Gasteiger partial charge >= 0.3 is 0 Å². The van der Waals surface area contributed by atoms with Crippen LogP contribution in [0.2, 0.25) is 0 Å². The first-order valence-corrected chi connectivity index (χ1v) is 4.30. The Bertz CT molecular complexity index is 366. The fourth-order valence-corrected chi connectivity index (χ4v) is 1.22. The molecule has 0 unspecified atom stereocenters. The van der Waals surface area contributed by atoms with Crippen LogP contribution >= 0.6 is 0 Å². The number of aliphatic hydroxyl groups is 1. The molecule has 1 amide bonds. The van der Waals surface area contributed by atoms with E-state index in [4.69, 9.17) is 20.3 Å². The molecule has 8 nitrogen and oxygen atoms in total. The van der Waals surface area contributed by atoms with Crippen molar-refractivity contribution in [3.05, 3.63) is 11.6 Å². The van der Waals surface area contributed by atoms with E-state index in [9.17, 15) is 4.79 Å². The molecule has 2 heterocycles. The zero-order valence-electron chi connectivity index (χ0n) is 7.71. The van der Waals surface area contributed by atoms with E-state index in [2.05, 4.69) is 15.2 Å². The van der Waals surface area contributed by atoms with Gasteiger partial charge in [-0.3, -0.25) is 9.89 Å². The third-order valence-electron chi connectivity index (χ3n) is 1.93. The smallest absolute Gasteiger partial charge is 0.288 e. The average molecular weight is 214 g/mol. The van der Waals surface area contributed by atoms with Gasteiger partial charge in [0.2, 0.25) is 5.82 Å². The van der Waals surface area contributed by atoms with Crippen molar-refractivity contribution < 1.29 is 19.4 Å². The van der Waals surface area contributed by atoms with Gasteiger partial charge in [0.1, 0.15) is 6.10 Å². The molecule has 1 fully saturated rings. The summed E-state index contributed by atoms with van der Waals surface area (Å²) in [5, 5.41) is 14.9. The van der Waals surface area contributed by atoms with Crippen LogP contribution in [-0.2, 0) is 9.47 Å². The lowest BCUT2D eigenvalue weighted by atomic mass is 10.4. The number of rotatable bonds is 3. The molecule has 1 aromatic rings. The van der Waals surface area contributed by atoms with Crippen molar-refractivity contribution in [2.45, 2.75) is 12.4 Å². The Balaban J connectivity index is 2.07. The molecule has 0 saturated carbocycles. The first-order chi connectivity index (χ1) is 7.20. The monoisotopic (exact) mass is 214 g/mol. The largest absolute Gasteiger partial charge is 0.391 e. The van der Waals surface area contributed by atoms with Crippen molar-refractivity contribution in [3.63, 3.8) is 0 Å². The minimum atomic E-state index is -0.713. The Morgan fingerprint density at radius 3 is 3.07 bits per heavy atom. The Hall–Kier alpha value is -1.51. The quantitative estimate of drug-likeness (QED) is 0.551. The highest BCUT2D eigenvalue weighted by atomic mass is 16.7. The van der Waals surface area contributed by atoms with Gasteiger partial charge in [-0.25, -0.2) is 4.98 Å². The van der Waals surface area contributed by atoms with E-state index in [1.54, 1.807) is 0 Å². The van der Waals surface area contributed by atoms with Crippen LogP contribution < -0.4 is 5.73 Å². The van der Waals surface area contributed by atoms with Gasteiger partial charge in [-0.2, -0.15) is 0 Å². The van der Waals surface area contributed by atoms with Gasteiger partial charge < -0.3 is 20.3 Å². The first-order valence-electron chi connectivity index (χ1n) is 4.30. The van der Waals surface area contributed by atoms with Gasteiger partial charge in [0.05, 0.1) is 13.2 Å². The van der Waals surface area contributed by atoms with Crippen LogP contribution in [0.3, 0.4) is 0 Å². The summed E-state index contributed by atoms with van der Waals surface area (Å²) in [4.78, 5) is 14.5. The van der Waals surface area contributed by atoms with E-state index in [-0.39, 0.29) is 19.0 Å². The van der Waals surface area contributed by atoms with E-state index >= 15 is 0 Å². The van der Waals surface area contributed by atoms with Gasteiger partial charge in [-0.1, -0.05) is 0 Å². The lowest BCUT2D eigenvalue weighted by Gasteiger charge is -2.05. The van der Waals surface area contributed by atoms with Gasteiger partial charge in [0.25, 0.3) is 5.91 Å². The van der Waals surface area contributed by atoms with Crippen LogP contribution in [-0.4, -0.2) is 45.7 Å². The van der Waals surface area contributed by atoms with Crippen LogP contribution in [0.4, 0.5) is 0 Å². The molecule has 1 aliphatic heterocycles. The number of aliphatic hydroxyl groups excluding tert-OH is 1. The number of nitrogens with one attached hydrogen (secondary N) is 1. The highest BCUT2D eigenvalue weighted by Crippen LogP contribution is 2.23. The zero-order chi connectivity index (χ0) is 10.8. The summed E-state index contributed by atoms with van der Waals surface area (Å²) in [6.07, 6.45) is -1.11. The highest BCUT2D eigenvalue weighted by molar-refractivity contribution is 5.88. The molecule has 15 heavy (non-hydrogen) atoms. The zero-order valence-corrected chi connectivity index (χ0v) is 7.71. The number of hydrogen-bond donors (Lipinski definition) is 3. The number of nitrogens with zero attached hydrogens (tertiary/aromatic N) is 2. The van der Waals surface area contributed by atoms with Crippen LogP contribution in [0.15, 0.2) is 0 Å². The number of nitrogens with two attached hydrogens (primary N) is 1. The summed E-state index contributed by atoms with van der Waals surface area (Å²) in [6.45, 7) is 0.0198. The predicted molar refractivity (Wildman–Crippen MR) is 45.6 cm³/mol. The van der Waals surface area contributed by atoms with E-state index in [0.717, 1.165) is 0 Å². The third kappa shape index (κ3) is 1.96. The second kappa shape index (κ2) is 3.93. The molecule has 0 bridgehead atoms. The maximum atomic E-state index is 10.7. The summed E-state index contributed by atoms with van der Waals surface area (Å²) in [5.41, 5.74) is 4.98. The average Bonchev–Trinajstić information content (AvgIpc) is 2.86. The summed E-state index contributed by atoms with van der Waals surface area (Å²) < 4.78 is 10.3. The maximum Gasteiger partial charge on any atom is 0.288 e. The molecule has 0 aliphatic carbocycles. The number of aromatic amines is 1. The number of amides is 1. The Kier molecular flexibility index (Phi) is 2.62. The number of carbonyl (C=O) groups excluding carboxylic acids is 1. The Morgan fingerprint density at radius 2 is 2.53 bits per heavy atom. The van der Waals surface area contributed by atoms with Gasteiger partial charge in [-0.05, 0) is 0 Å². The fraction of sp³-hybridized carbons (Fsp3) is 0.571. The number of primary amides is 1. The highest BCUT2D eigenvalue weighted by Gasteiger charge is 2.29. The first kappa shape index (κ1) is 10.0. The predicted octanol–water partition coefficient (Wildman–Crippen LogP) is -1.69. The lowest BCUT2D eigenvalue weighted by Crippen LogP contribution is -2.14. The standard InChI is InChI=1S/C7H10N4O4/c8-5(13)7-9-6(10-11-7)3-2-14-4(1-12)15-3/h3-4,12H,1-2H2,(H2,8,13)(H,9,10,11)/t3-,4+/m0/s1. The van der Waals surface area contributed by atoms with E-state index in [1.165, 1.54) is 0 Å². The summed E-state index contributed by atoms with van der Waals surface area (Å²) >= 11 is 0. The minimum absolute atomic E-state index is 0.0963. The SMILES string of the molecule is NC(=O)c1n[nH]c([C@@H]2CO[C@@H](CO)O2)n1. The molecule has 1 saturated heterocycles. The summed E-state index contributed by atoms with van der Waals surface area (Å²) in [7, 11) is 0. The van der Waals surface area contributed by atoms with Crippen molar-refractivity contribution in [1.29, 1.82) is 0 Å². The van der Waals surface area contributed by atoms with E-state index in [0.29, 0.717) is 5.82 Å². The Morgan fingerprint density at radius 1 is 1.73 bits per heavy atom. The molecule has 4 N–H and O–H groups in total. The second-order valence-electron chi connectivity index (χ2n) is 2.98. The molecule has 1 aliphatic rings. The molecule has 0 aromatic carbocycles. The normalized spacial score (nSPS) is 25.7. The van der Waals surface area contributed by atoms with Crippen LogP contribution in [0.5, 0.6) is 0 Å². The number of H-pyrrole nitrogens is 1. The summed E-state index contributed by atoms with van der Waals surface area (Å²) in [5.74, 6) is -0.448. The number of ether oxygens (including phenoxy) is 2. The minimum Gasteiger partial charge on any atom is -0.391 e. The maximum absolute atomic E-state index is 10.7. The topological polar surface area (TPSA) is 123 Å². The van der Waals surface area contributed by atoms with Crippen LogP contribution in [0, 0.1) is 0 Å². The Labute approximate surface area is 84.4 Å². The summed E-state index contributed by atoms with van der Waals surface area (Å²) in [6, 6.07) is 0. The molecular formula is C7H10N4O4. The van der Waals surface area contributed by atoms with Gasteiger partial charge in [0, 0.05) is 0 Å². The molecule has 2 atom stereocenters. The molecular weight excluding hydrogens is 204 g/mol. The molecule has 2 rings (SSSR count). The van der Waals surface area contributed by atoms with Crippen molar-refractivity contribution in [1.82, 2.24) is 15.2 Å². The van der Waals surface area contributed by atoms with Crippen molar-refractivity contribution in [2.75, 3.05) is 13.2 Å². The molecule has 0 radical (unpaired) electrons. The molecule has 8 heteroatoms. The van der Waals surface area contributed by atoms with Crippen LogP contribution in [0.25, 0.3) is 0 Å². The van der Waals surface area contributed by atoms with Crippen LogP contribution in [0.1, 0.15) is 22.5 Å². The van der Waals surface area contributed by atoms with Crippen molar-refractivity contribution in [2.24, 2.45) is 5.73 Å². The molecule has 82 valence electrons.